The molecule has 0 bridgehead atoms. The van der Waals surface area contributed by atoms with E-state index in [2.05, 4.69) is 10.3 Å². The molecule has 1 aromatic heterocycles. The third kappa shape index (κ3) is 5.29. The molecule has 0 aliphatic carbocycles. The summed E-state index contributed by atoms with van der Waals surface area (Å²) in [5.74, 6) is -2.39. The van der Waals surface area contributed by atoms with E-state index in [4.69, 9.17) is 4.74 Å². The predicted octanol–water partition coefficient (Wildman–Crippen LogP) is 5.93. The first-order valence-corrected chi connectivity index (χ1v) is 10.8. The Morgan fingerprint density at radius 1 is 0.971 bits per heavy atom. The monoisotopic (exact) mass is 478 g/mol. The number of amides is 2. The molecule has 0 fully saturated rings. The van der Waals surface area contributed by atoms with Crippen LogP contribution in [-0.4, -0.2) is 34.2 Å². The van der Waals surface area contributed by atoms with E-state index in [1.54, 1.807) is 74.1 Å². The number of hydrogen-bond acceptors (Lipinski definition) is 4. The fourth-order valence-electron chi connectivity index (χ4n) is 3.48. The normalized spacial score (nSPS) is 11.4. The minimum atomic E-state index is -1.03. The molecule has 3 aromatic carbocycles. The molecule has 4 rings (SSSR count). The summed E-state index contributed by atoms with van der Waals surface area (Å²) in [7, 11) is 1.49. The molecule has 1 heterocycles. The van der Waals surface area contributed by atoms with E-state index in [1.165, 1.54) is 18.0 Å². The van der Waals surface area contributed by atoms with Gasteiger partial charge in [0.05, 0.1) is 11.0 Å². The van der Waals surface area contributed by atoms with Gasteiger partial charge in [0.25, 0.3) is 5.91 Å². The smallest absolute Gasteiger partial charge is 0.412 e. The Morgan fingerprint density at radius 3 is 2.34 bits per heavy atom. The van der Waals surface area contributed by atoms with Gasteiger partial charge in [-0.25, -0.2) is 18.6 Å². The van der Waals surface area contributed by atoms with E-state index < -0.39 is 23.3 Å². The van der Waals surface area contributed by atoms with Gasteiger partial charge in [-0.2, -0.15) is 0 Å². The number of carbonyl (C=O) groups is 2. The molecule has 0 unspecified atom stereocenters. The first kappa shape index (κ1) is 23.9. The summed E-state index contributed by atoms with van der Waals surface area (Å²) in [6.07, 6.45) is 1.08. The molecule has 0 saturated heterocycles. The maximum absolute atomic E-state index is 13.6. The predicted molar refractivity (Wildman–Crippen MR) is 130 cm³/mol. The summed E-state index contributed by atoms with van der Waals surface area (Å²) in [4.78, 5) is 30.7. The lowest BCUT2D eigenvalue weighted by molar-refractivity contribution is 0.0635. The van der Waals surface area contributed by atoms with Crippen molar-refractivity contribution in [1.82, 2.24) is 9.55 Å². The van der Waals surface area contributed by atoms with Gasteiger partial charge in [-0.05, 0) is 75.4 Å². The number of carbonyl (C=O) groups excluding carboxylic acids is 2. The molecule has 1 N–H and O–H groups in total. The summed E-state index contributed by atoms with van der Waals surface area (Å²) in [5, 5.41) is 2.68. The molecular weight excluding hydrogens is 454 g/mol. The van der Waals surface area contributed by atoms with Crippen molar-refractivity contribution in [2.75, 3.05) is 17.3 Å². The second kappa shape index (κ2) is 9.17. The van der Waals surface area contributed by atoms with Crippen molar-refractivity contribution in [2.24, 2.45) is 0 Å². The van der Waals surface area contributed by atoms with E-state index in [0.29, 0.717) is 22.3 Å². The summed E-state index contributed by atoms with van der Waals surface area (Å²) >= 11 is 0. The highest BCUT2D eigenvalue weighted by Crippen LogP contribution is 2.24. The average Bonchev–Trinajstić information content (AvgIpc) is 3.22. The molecule has 7 nitrogen and oxygen atoms in total. The van der Waals surface area contributed by atoms with Gasteiger partial charge in [-0.15, -0.1) is 0 Å². The molecule has 0 saturated carbocycles. The molecule has 2 amide bonds. The fraction of sp³-hybridized carbons (Fsp3) is 0.192. The van der Waals surface area contributed by atoms with Crippen molar-refractivity contribution in [3.05, 3.63) is 84.2 Å². The second-order valence-electron chi connectivity index (χ2n) is 8.95. The number of fused-ring (bicyclic) bond motifs is 1. The van der Waals surface area contributed by atoms with Crippen molar-refractivity contribution in [3.8, 4) is 5.69 Å². The van der Waals surface area contributed by atoms with Gasteiger partial charge in [0.15, 0.2) is 11.6 Å². The van der Waals surface area contributed by atoms with E-state index in [0.717, 1.165) is 17.8 Å². The Morgan fingerprint density at radius 2 is 1.69 bits per heavy atom. The van der Waals surface area contributed by atoms with Crippen LogP contribution < -0.4 is 10.2 Å². The Bertz CT molecular complexity index is 1410. The van der Waals surface area contributed by atoms with Crippen molar-refractivity contribution >= 4 is 34.4 Å². The zero-order valence-corrected chi connectivity index (χ0v) is 19.7. The van der Waals surface area contributed by atoms with Crippen molar-refractivity contribution in [3.63, 3.8) is 0 Å². The third-order valence-corrected chi connectivity index (χ3v) is 5.18. The second-order valence-corrected chi connectivity index (χ2v) is 8.95. The van der Waals surface area contributed by atoms with Crippen molar-refractivity contribution in [1.29, 1.82) is 0 Å². The maximum Gasteiger partial charge on any atom is 0.412 e. The van der Waals surface area contributed by atoms with E-state index >= 15 is 0 Å². The first-order chi connectivity index (χ1) is 16.5. The Kier molecular flexibility index (Phi) is 6.26. The Balaban J connectivity index is 1.58. The standard InChI is InChI=1S/C26H24F2N4O3/c1-26(2,3)35-25(34)30-17-6-8-18(9-7-17)32-15-29-22-12-5-16(13-23(22)32)24(33)31(4)19-10-11-20(27)21(28)14-19/h5-15H,1-4H3,(H,30,34). The van der Waals surface area contributed by atoms with Crippen LogP contribution in [0.4, 0.5) is 25.0 Å². The summed E-state index contributed by atoms with van der Waals surface area (Å²) < 4.78 is 34.0. The largest absolute Gasteiger partial charge is 0.444 e. The zero-order valence-electron chi connectivity index (χ0n) is 19.7. The van der Waals surface area contributed by atoms with E-state index in [9.17, 15) is 18.4 Å². The molecule has 0 radical (unpaired) electrons. The molecule has 0 spiro atoms. The van der Waals surface area contributed by atoms with Crippen LogP contribution in [0.2, 0.25) is 0 Å². The first-order valence-electron chi connectivity index (χ1n) is 10.8. The zero-order chi connectivity index (χ0) is 25.3. The molecule has 180 valence electrons. The van der Waals surface area contributed by atoms with Crippen LogP contribution in [0.25, 0.3) is 16.7 Å². The number of imidazole rings is 1. The summed E-state index contributed by atoms with van der Waals surface area (Å²) in [6.45, 7) is 5.36. The summed E-state index contributed by atoms with van der Waals surface area (Å²) in [5.41, 5.74) is 2.67. The third-order valence-electron chi connectivity index (χ3n) is 5.18. The molecule has 0 aliphatic heterocycles. The van der Waals surface area contributed by atoms with E-state index in [1.807, 2.05) is 0 Å². The number of ether oxygens (including phenoxy) is 1. The van der Waals surface area contributed by atoms with Gasteiger partial charge in [-0.1, -0.05) is 0 Å². The van der Waals surface area contributed by atoms with Gasteiger partial charge >= 0.3 is 6.09 Å². The van der Waals surface area contributed by atoms with Crippen LogP contribution in [0.5, 0.6) is 0 Å². The van der Waals surface area contributed by atoms with Crippen molar-refractivity contribution in [2.45, 2.75) is 26.4 Å². The van der Waals surface area contributed by atoms with E-state index in [-0.39, 0.29) is 11.6 Å². The van der Waals surface area contributed by atoms with Gasteiger partial charge < -0.3 is 9.64 Å². The topological polar surface area (TPSA) is 76.5 Å². The molecule has 0 atom stereocenters. The van der Waals surface area contributed by atoms with Gasteiger partial charge in [0.2, 0.25) is 0 Å². The number of halogens is 2. The van der Waals surface area contributed by atoms with Gasteiger partial charge in [-0.3, -0.25) is 14.7 Å². The van der Waals surface area contributed by atoms with Gasteiger partial charge in [0.1, 0.15) is 11.9 Å². The highest BCUT2D eigenvalue weighted by Gasteiger charge is 2.18. The molecule has 9 heteroatoms. The van der Waals surface area contributed by atoms with Crippen LogP contribution >= 0.6 is 0 Å². The number of benzene rings is 3. The number of aromatic nitrogens is 2. The number of hydrogen-bond donors (Lipinski definition) is 1. The average molecular weight is 478 g/mol. The van der Waals surface area contributed by atoms with Crippen LogP contribution in [0.15, 0.2) is 67.0 Å². The molecular formula is C26H24F2N4O3. The lowest BCUT2D eigenvalue weighted by Gasteiger charge is -2.19. The number of rotatable bonds is 4. The maximum atomic E-state index is 13.6. The minimum Gasteiger partial charge on any atom is -0.444 e. The Labute approximate surface area is 200 Å². The van der Waals surface area contributed by atoms with Crippen LogP contribution in [0.3, 0.4) is 0 Å². The Hall–Kier alpha value is -4.27. The fourth-order valence-corrected chi connectivity index (χ4v) is 3.48. The van der Waals surface area contributed by atoms with Crippen LogP contribution in [0, 0.1) is 11.6 Å². The van der Waals surface area contributed by atoms with Crippen molar-refractivity contribution < 1.29 is 23.1 Å². The SMILES string of the molecule is CN(C(=O)c1ccc2ncn(-c3ccc(NC(=O)OC(C)(C)C)cc3)c2c1)c1ccc(F)c(F)c1. The lowest BCUT2D eigenvalue weighted by atomic mass is 10.1. The minimum absolute atomic E-state index is 0.232. The number of anilines is 2. The highest BCUT2D eigenvalue weighted by atomic mass is 19.2. The molecule has 4 aromatic rings. The lowest BCUT2D eigenvalue weighted by Crippen LogP contribution is -2.27. The number of nitrogens with zero attached hydrogens (tertiary/aromatic N) is 3. The quantitative estimate of drug-likeness (QED) is 0.395. The van der Waals surface area contributed by atoms with Gasteiger partial charge in [0, 0.05) is 35.7 Å². The highest BCUT2D eigenvalue weighted by molar-refractivity contribution is 6.07. The van der Waals surface area contributed by atoms with Crippen LogP contribution in [-0.2, 0) is 4.74 Å². The molecule has 0 aliphatic rings. The van der Waals surface area contributed by atoms with Crippen LogP contribution in [0.1, 0.15) is 31.1 Å². The number of nitrogens with one attached hydrogen (secondary N) is 1. The molecule has 35 heavy (non-hydrogen) atoms. The summed E-state index contributed by atoms with van der Waals surface area (Å²) in [6, 6.07) is 15.4.